The first-order valence-corrected chi connectivity index (χ1v) is 7.42. The first kappa shape index (κ1) is 14.3. The van der Waals surface area contributed by atoms with E-state index >= 15 is 0 Å². The molecule has 1 aromatic carbocycles. The van der Waals surface area contributed by atoms with Gasteiger partial charge in [0.15, 0.2) is 0 Å². The number of carboxylic acids is 1. The summed E-state index contributed by atoms with van der Waals surface area (Å²) in [5.74, 6) is -1.11. The number of aromatic amines is 1. The van der Waals surface area contributed by atoms with Crippen LogP contribution in [0.1, 0.15) is 15.2 Å². The summed E-state index contributed by atoms with van der Waals surface area (Å²) >= 11 is 0.888. The van der Waals surface area contributed by atoms with E-state index in [9.17, 15) is 14.4 Å². The summed E-state index contributed by atoms with van der Waals surface area (Å²) in [6, 6.07) is 10.8. The second-order valence-corrected chi connectivity index (χ2v) is 5.83. The van der Waals surface area contributed by atoms with E-state index in [0.29, 0.717) is 11.3 Å². The third-order valence-corrected chi connectivity index (χ3v) is 4.39. The molecule has 0 fully saturated rings. The smallest absolute Gasteiger partial charge is 0.345 e. The van der Waals surface area contributed by atoms with Crippen molar-refractivity contribution < 1.29 is 9.90 Å². The lowest BCUT2D eigenvalue weighted by Crippen LogP contribution is -2.35. The highest BCUT2D eigenvalue weighted by Gasteiger charge is 2.14. The van der Waals surface area contributed by atoms with Gasteiger partial charge >= 0.3 is 11.7 Å². The van der Waals surface area contributed by atoms with E-state index in [-0.39, 0.29) is 16.8 Å². The maximum atomic E-state index is 12.4. The Bertz CT molecular complexity index is 953. The quantitative estimate of drug-likeness (QED) is 0.766. The SMILES string of the molecule is O=C(O)c1cc2c(=O)n(CCc3ccccc3)c(=O)[nH]c2s1. The van der Waals surface area contributed by atoms with Crippen molar-refractivity contribution in [3.05, 3.63) is 67.7 Å². The van der Waals surface area contributed by atoms with Gasteiger partial charge in [-0.05, 0) is 18.1 Å². The molecule has 112 valence electrons. The van der Waals surface area contributed by atoms with Crippen molar-refractivity contribution in [3.8, 4) is 0 Å². The molecule has 2 N–H and O–H groups in total. The summed E-state index contributed by atoms with van der Waals surface area (Å²) in [7, 11) is 0. The number of aromatic nitrogens is 2. The van der Waals surface area contributed by atoms with Gasteiger partial charge in [-0.2, -0.15) is 0 Å². The van der Waals surface area contributed by atoms with Gasteiger partial charge in [0.05, 0.1) is 5.39 Å². The number of fused-ring (bicyclic) bond motifs is 1. The Morgan fingerprint density at radius 1 is 1.23 bits per heavy atom. The maximum absolute atomic E-state index is 12.4. The van der Waals surface area contributed by atoms with Crippen LogP contribution in [0, 0.1) is 0 Å². The zero-order valence-electron chi connectivity index (χ0n) is 11.4. The zero-order chi connectivity index (χ0) is 15.7. The van der Waals surface area contributed by atoms with Gasteiger partial charge in [0.1, 0.15) is 9.71 Å². The number of aromatic carboxylic acids is 1. The molecule has 0 saturated carbocycles. The van der Waals surface area contributed by atoms with E-state index in [0.717, 1.165) is 21.5 Å². The molecule has 0 radical (unpaired) electrons. The van der Waals surface area contributed by atoms with Gasteiger partial charge in [-0.15, -0.1) is 11.3 Å². The minimum absolute atomic E-state index is 0.0311. The van der Waals surface area contributed by atoms with Gasteiger partial charge in [-0.25, -0.2) is 9.59 Å². The van der Waals surface area contributed by atoms with E-state index in [1.807, 2.05) is 30.3 Å². The first-order chi connectivity index (χ1) is 10.6. The number of hydrogen-bond donors (Lipinski definition) is 2. The Labute approximate surface area is 128 Å². The molecule has 0 spiro atoms. The second kappa shape index (κ2) is 5.61. The summed E-state index contributed by atoms with van der Waals surface area (Å²) in [5, 5.41) is 9.21. The standard InChI is InChI=1S/C15H12N2O4S/c18-13-10-8-11(14(19)20)22-12(10)16-15(21)17(13)7-6-9-4-2-1-3-5-9/h1-5,8H,6-7H2,(H,16,21)(H,19,20). The zero-order valence-corrected chi connectivity index (χ0v) is 12.2. The van der Waals surface area contributed by atoms with Crippen LogP contribution < -0.4 is 11.2 Å². The number of benzene rings is 1. The van der Waals surface area contributed by atoms with Crippen LogP contribution in [0.3, 0.4) is 0 Å². The van der Waals surface area contributed by atoms with Gasteiger partial charge in [0.25, 0.3) is 5.56 Å². The molecule has 0 atom stereocenters. The summed E-state index contributed by atoms with van der Waals surface area (Å²) < 4.78 is 1.10. The Morgan fingerprint density at radius 2 is 1.95 bits per heavy atom. The van der Waals surface area contributed by atoms with Crippen molar-refractivity contribution in [1.82, 2.24) is 9.55 Å². The van der Waals surface area contributed by atoms with Gasteiger partial charge < -0.3 is 5.11 Å². The second-order valence-electron chi connectivity index (χ2n) is 4.78. The normalized spacial score (nSPS) is 10.9. The molecule has 3 aromatic rings. The van der Waals surface area contributed by atoms with Crippen molar-refractivity contribution in [2.24, 2.45) is 0 Å². The van der Waals surface area contributed by atoms with E-state index in [2.05, 4.69) is 4.98 Å². The van der Waals surface area contributed by atoms with Crippen LogP contribution in [0.5, 0.6) is 0 Å². The fraction of sp³-hybridized carbons (Fsp3) is 0.133. The molecule has 0 aliphatic carbocycles. The highest BCUT2D eigenvalue weighted by Crippen LogP contribution is 2.19. The molecule has 3 rings (SSSR count). The van der Waals surface area contributed by atoms with E-state index < -0.39 is 17.2 Å². The molecular formula is C15H12N2O4S. The van der Waals surface area contributed by atoms with E-state index in [1.165, 1.54) is 6.07 Å². The molecule has 0 unspecified atom stereocenters. The minimum Gasteiger partial charge on any atom is -0.477 e. The lowest BCUT2D eigenvalue weighted by atomic mass is 10.1. The average molecular weight is 316 g/mol. The predicted octanol–water partition coefficient (Wildman–Crippen LogP) is 1.69. The Hall–Kier alpha value is -2.67. The predicted molar refractivity (Wildman–Crippen MR) is 83.8 cm³/mol. The monoisotopic (exact) mass is 316 g/mol. The highest BCUT2D eigenvalue weighted by atomic mass is 32.1. The van der Waals surface area contributed by atoms with Crippen LogP contribution in [0.25, 0.3) is 10.2 Å². The molecule has 2 aromatic heterocycles. The molecular weight excluding hydrogens is 304 g/mol. The molecule has 0 aliphatic heterocycles. The van der Waals surface area contributed by atoms with Gasteiger partial charge in [-0.1, -0.05) is 30.3 Å². The summed E-state index contributed by atoms with van der Waals surface area (Å²) in [6.45, 7) is 0.242. The summed E-state index contributed by atoms with van der Waals surface area (Å²) in [4.78, 5) is 38.3. The topological polar surface area (TPSA) is 92.2 Å². The maximum Gasteiger partial charge on any atom is 0.345 e. The fourth-order valence-electron chi connectivity index (χ4n) is 2.24. The molecule has 22 heavy (non-hydrogen) atoms. The summed E-state index contributed by atoms with van der Waals surface area (Å²) in [6.07, 6.45) is 0.547. The van der Waals surface area contributed by atoms with Crippen molar-refractivity contribution in [2.75, 3.05) is 0 Å². The van der Waals surface area contributed by atoms with Crippen LogP contribution in [-0.4, -0.2) is 20.6 Å². The lowest BCUT2D eigenvalue weighted by molar-refractivity contribution is 0.0702. The van der Waals surface area contributed by atoms with Crippen molar-refractivity contribution in [1.29, 1.82) is 0 Å². The van der Waals surface area contributed by atoms with Crippen molar-refractivity contribution in [3.63, 3.8) is 0 Å². The Morgan fingerprint density at radius 3 is 2.64 bits per heavy atom. The number of carboxylic acid groups (broad SMARTS) is 1. The van der Waals surface area contributed by atoms with Gasteiger partial charge in [0.2, 0.25) is 0 Å². The number of aryl methyl sites for hydroxylation is 1. The van der Waals surface area contributed by atoms with Crippen molar-refractivity contribution >= 4 is 27.5 Å². The third-order valence-electron chi connectivity index (χ3n) is 3.35. The molecule has 2 heterocycles. The average Bonchev–Trinajstić information content (AvgIpc) is 2.92. The molecule has 6 nitrogen and oxygen atoms in total. The third kappa shape index (κ3) is 2.58. The Balaban J connectivity index is 2.01. The minimum atomic E-state index is -1.11. The number of nitrogens with zero attached hydrogens (tertiary/aromatic N) is 1. The molecule has 0 saturated heterocycles. The van der Waals surface area contributed by atoms with Crippen molar-refractivity contribution in [2.45, 2.75) is 13.0 Å². The molecule has 0 aliphatic rings. The fourth-order valence-corrected chi connectivity index (χ4v) is 3.12. The van der Waals surface area contributed by atoms with Crippen LogP contribution >= 0.6 is 11.3 Å². The number of rotatable bonds is 4. The summed E-state index contributed by atoms with van der Waals surface area (Å²) in [5.41, 5.74) is 0.0380. The Kier molecular flexibility index (Phi) is 3.64. The lowest BCUT2D eigenvalue weighted by Gasteiger charge is -2.04. The number of H-pyrrole nitrogens is 1. The number of hydrogen-bond acceptors (Lipinski definition) is 4. The number of carbonyl (C=O) groups is 1. The molecule has 0 bridgehead atoms. The molecule has 7 heteroatoms. The van der Waals surface area contributed by atoms with E-state index in [1.54, 1.807) is 0 Å². The molecule has 0 amide bonds. The van der Waals surface area contributed by atoms with Crippen LogP contribution in [0.4, 0.5) is 0 Å². The van der Waals surface area contributed by atoms with E-state index in [4.69, 9.17) is 5.11 Å². The number of nitrogens with one attached hydrogen (secondary N) is 1. The highest BCUT2D eigenvalue weighted by molar-refractivity contribution is 7.20. The largest absolute Gasteiger partial charge is 0.477 e. The van der Waals surface area contributed by atoms with Gasteiger partial charge in [-0.3, -0.25) is 14.3 Å². The van der Waals surface area contributed by atoms with Crippen LogP contribution in [0.2, 0.25) is 0 Å². The first-order valence-electron chi connectivity index (χ1n) is 6.60. The van der Waals surface area contributed by atoms with Crippen LogP contribution in [-0.2, 0) is 13.0 Å². The van der Waals surface area contributed by atoms with Crippen LogP contribution in [0.15, 0.2) is 46.0 Å². The van der Waals surface area contributed by atoms with Gasteiger partial charge in [0, 0.05) is 6.54 Å². The number of thiophene rings is 1.